The SMILES string of the molecule is CCNC(=NCC(c1cccs1)N1CCCC1)NCCCCCOC. The second kappa shape index (κ2) is 12.3. The van der Waals surface area contributed by atoms with Crippen LogP contribution in [0.5, 0.6) is 0 Å². The smallest absolute Gasteiger partial charge is 0.191 e. The molecule has 0 aliphatic carbocycles. The maximum atomic E-state index is 5.10. The van der Waals surface area contributed by atoms with Crippen LogP contribution in [0.4, 0.5) is 0 Å². The molecule has 0 bridgehead atoms. The largest absolute Gasteiger partial charge is 0.385 e. The average Bonchev–Trinajstić information content (AvgIpc) is 3.32. The van der Waals surface area contributed by atoms with Gasteiger partial charge in [-0.3, -0.25) is 9.89 Å². The van der Waals surface area contributed by atoms with Crippen LogP contribution in [0.3, 0.4) is 0 Å². The van der Waals surface area contributed by atoms with E-state index in [0.29, 0.717) is 6.04 Å². The normalized spacial score (nSPS) is 17.0. The summed E-state index contributed by atoms with van der Waals surface area (Å²) in [5, 5.41) is 9.02. The Hall–Kier alpha value is -1.11. The summed E-state index contributed by atoms with van der Waals surface area (Å²) in [5.41, 5.74) is 0. The van der Waals surface area contributed by atoms with Crippen LogP contribution in [0.2, 0.25) is 0 Å². The summed E-state index contributed by atoms with van der Waals surface area (Å²) in [6.45, 7) is 8.04. The molecule has 1 aromatic heterocycles. The van der Waals surface area contributed by atoms with Crippen molar-refractivity contribution in [2.75, 3.05) is 46.4 Å². The molecule has 1 fully saturated rings. The summed E-state index contributed by atoms with van der Waals surface area (Å²) in [6, 6.07) is 4.81. The van der Waals surface area contributed by atoms with Crippen LogP contribution in [-0.4, -0.2) is 57.3 Å². The highest BCUT2D eigenvalue weighted by atomic mass is 32.1. The third-order valence-corrected chi connectivity index (χ3v) is 5.51. The number of nitrogens with zero attached hydrogens (tertiary/aromatic N) is 2. The molecule has 1 aliphatic heterocycles. The molecule has 2 N–H and O–H groups in total. The maximum absolute atomic E-state index is 5.10. The van der Waals surface area contributed by atoms with E-state index >= 15 is 0 Å². The Balaban J connectivity index is 1.85. The van der Waals surface area contributed by atoms with Crippen LogP contribution in [-0.2, 0) is 4.74 Å². The molecule has 0 aromatic carbocycles. The fraction of sp³-hybridized carbons (Fsp3) is 0.737. The third kappa shape index (κ3) is 7.34. The molecule has 0 spiro atoms. The zero-order valence-electron chi connectivity index (χ0n) is 15.8. The van der Waals surface area contributed by atoms with Gasteiger partial charge in [-0.1, -0.05) is 6.07 Å². The monoisotopic (exact) mass is 366 g/mol. The Labute approximate surface area is 156 Å². The predicted molar refractivity (Wildman–Crippen MR) is 108 cm³/mol. The number of methoxy groups -OCH3 is 1. The van der Waals surface area contributed by atoms with Gasteiger partial charge in [0.05, 0.1) is 12.6 Å². The van der Waals surface area contributed by atoms with Crippen molar-refractivity contribution >= 4 is 17.3 Å². The second-order valence-corrected chi connectivity index (χ2v) is 7.45. The van der Waals surface area contributed by atoms with Gasteiger partial charge >= 0.3 is 0 Å². The average molecular weight is 367 g/mol. The van der Waals surface area contributed by atoms with Gasteiger partial charge in [-0.05, 0) is 63.6 Å². The van der Waals surface area contributed by atoms with Gasteiger partial charge in [0.2, 0.25) is 0 Å². The molecule has 0 saturated carbocycles. The Morgan fingerprint density at radius 3 is 2.80 bits per heavy atom. The number of nitrogens with one attached hydrogen (secondary N) is 2. The molecule has 5 nitrogen and oxygen atoms in total. The number of hydrogen-bond acceptors (Lipinski definition) is 4. The molecule has 0 radical (unpaired) electrons. The molecule has 1 aromatic rings. The van der Waals surface area contributed by atoms with Crippen LogP contribution in [0.25, 0.3) is 0 Å². The zero-order valence-corrected chi connectivity index (χ0v) is 16.6. The molecule has 1 aliphatic rings. The van der Waals surface area contributed by atoms with Crippen LogP contribution in [0.15, 0.2) is 22.5 Å². The van der Waals surface area contributed by atoms with E-state index in [1.807, 2.05) is 11.3 Å². The van der Waals surface area contributed by atoms with Crippen molar-refractivity contribution in [3.63, 3.8) is 0 Å². The molecule has 1 atom stereocenters. The number of hydrogen-bond donors (Lipinski definition) is 2. The Kier molecular flexibility index (Phi) is 9.92. The first-order valence-electron chi connectivity index (χ1n) is 9.63. The van der Waals surface area contributed by atoms with E-state index in [1.165, 1.54) is 37.2 Å². The van der Waals surface area contributed by atoms with Crippen LogP contribution < -0.4 is 10.6 Å². The highest BCUT2D eigenvalue weighted by Crippen LogP contribution is 2.28. The van der Waals surface area contributed by atoms with Crippen LogP contribution in [0, 0.1) is 0 Å². The van der Waals surface area contributed by atoms with E-state index in [-0.39, 0.29) is 0 Å². The van der Waals surface area contributed by atoms with E-state index in [2.05, 4.69) is 40.0 Å². The fourth-order valence-electron chi connectivity index (χ4n) is 3.19. The number of aliphatic imine (C=N–C) groups is 1. The molecule has 1 unspecified atom stereocenters. The lowest BCUT2D eigenvalue weighted by Crippen LogP contribution is -2.38. The van der Waals surface area contributed by atoms with Gasteiger partial charge < -0.3 is 15.4 Å². The Bertz CT molecular complexity index is 472. The van der Waals surface area contributed by atoms with Crippen LogP contribution in [0.1, 0.15) is 49.9 Å². The van der Waals surface area contributed by atoms with Gasteiger partial charge in [0.15, 0.2) is 5.96 Å². The van der Waals surface area contributed by atoms with Gasteiger partial charge in [-0.2, -0.15) is 0 Å². The first-order valence-corrected chi connectivity index (χ1v) is 10.5. The van der Waals surface area contributed by atoms with E-state index in [9.17, 15) is 0 Å². The minimum atomic E-state index is 0.416. The van der Waals surface area contributed by atoms with Gasteiger partial charge in [-0.25, -0.2) is 0 Å². The molecular formula is C19H34N4OS. The Morgan fingerprint density at radius 1 is 1.28 bits per heavy atom. The predicted octanol–water partition coefficient (Wildman–Crippen LogP) is 3.26. The second-order valence-electron chi connectivity index (χ2n) is 6.47. The summed E-state index contributed by atoms with van der Waals surface area (Å²) < 4.78 is 5.10. The van der Waals surface area contributed by atoms with Gasteiger partial charge in [0.25, 0.3) is 0 Å². The Morgan fingerprint density at radius 2 is 2.12 bits per heavy atom. The van der Waals surface area contributed by atoms with Crippen molar-refractivity contribution in [1.82, 2.24) is 15.5 Å². The van der Waals surface area contributed by atoms with Crippen molar-refractivity contribution in [3.05, 3.63) is 22.4 Å². The van der Waals surface area contributed by atoms with Crippen molar-refractivity contribution < 1.29 is 4.74 Å². The molecule has 6 heteroatoms. The summed E-state index contributed by atoms with van der Waals surface area (Å²) in [5.74, 6) is 0.940. The van der Waals surface area contributed by atoms with Crippen molar-refractivity contribution in [1.29, 1.82) is 0 Å². The third-order valence-electron chi connectivity index (χ3n) is 4.54. The lowest BCUT2D eigenvalue weighted by atomic mass is 10.2. The lowest BCUT2D eigenvalue weighted by Gasteiger charge is -2.25. The molecular weight excluding hydrogens is 332 g/mol. The van der Waals surface area contributed by atoms with Gasteiger partial charge in [0.1, 0.15) is 0 Å². The molecule has 25 heavy (non-hydrogen) atoms. The first-order chi connectivity index (χ1) is 12.3. The molecule has 142 valence electrons. The van der Waals surface area contributed by atoms with E-state index < -0.39 is 0 Å². The fourth-order valence-corrected chi connectivity index (χ4v) is 4.05. The van der Waals surface area contributed by atoms with Crippen LogP contribution >= 0.6 is 11.3 Å². The highest BCUT2D eigenvalue weighted by molar-refractivity contribution is 7.10. The number of guanidine groups is 1. The van der Waals surface area contributed by atoms with Gasteiger partial charge in [-0.15, -0.1) is 11.3 Å². The topological polar surface area (TPSA) is 48.9 Å². The number of ether oxygens (including phenoxy) is 1. The summed E-state index contributed by atoms with van der Waals surface area (Å²) in [6.07, 6.45) is 6.08. The quantitative estimate of drug-likeness (QED) is 0.359. The summed E-state index contributed by atoms with van der Waals surface area (Å²) in [4.78, 5) is 8.90. The number of likely N-dealkylation sites (tertiary alicyclic amines) is 1. The van der Waals surface area contributed by atoms with Crippen molar-refractivity contribution in [3.8, 4) is 0 Å². The van der Waals surface area contributed by atoms with Crippen molar-refractivity contribution in [2.45, 2.75) is 45.1 Å². The number of unbranched alkanes of at least 4 members (excludes halogenated alkanes) is 2. The molecule has 1 saturated heterocycles. The highest BCUT2D eigenvalue weighted by Gasteiger charge is 2.24. The molecule has 2 rings (SSSR count). The van der Waals surface area contributed by atoms with E-state index in [1.54, 1.807) is 7.11 Å². The van der Waals surface area contributed by atoms with Gasteiger partial charge in [0, 0.05) is 31.7 Å². The van der Waals surface area contributed by atoms with E-state index in [0.717, 1.165) is 45.0 Å². The minimum Gasteiger partial charge on any atom is -0.385 e. The number of rotatable bonds is 11. The van der Waals surface area contributed by atoms with E-state index in [4.69, 9.17) is 9.73 Å². The first kappa shape index (κ1) is 20.2. The standard InChI is InChI=1S/C19H34N4OS/c1-3-20-19(21-11-5-4-8-14-24-2)22-16-17(18-10-9-15-25-18)23-12-6-7-13-23/h9-10,15,17H,3-8,11-14,16H2,1-2H3,(H2,20,21,22). The minimum absolute atomic E-state index is 0.416. The van der Waals surface area contributed by atoms with Crippen molar-refractivity contribution in [2.24, 2.45) is 4.99 Å². The summed E-state index contributed by atoms with van der Waals surface area (Å²) in [7, 11) is 1.76. The summed E-state index contributed by atoms with van der Waals surface area (Å²) >= 11 is 1.85. The lowest BCUT2D eigenvalue weighted by molar-refractivity contribution is 0.192. The molecule has 0 amide bonds. The molecule has 2 heterocycles. The zero-order chi connectivity index (χ0) is 17.7. The maximum Gasteiger partial charge on any atom is 0.191 e. The number of thiophene rings is 1.